The number of benzene rings is 2. The van der Waals surface area contributed by atoms with E-state index in [-0.39, 0.29) is 18.4 Å². The maximum Gasteiger partial charge on any atom is 0.235 e. The van der Waals surface area contributed by atoms with E-state index in [0.717, 1.165) is 21.3 Å². The molecule has 0 aromatic heterocycles. The molecular formula is C16H14BrNO3. The Morgan fingerprint density at radius 3 is 3.00 bits per heavy atom. The van der Waals surface area contributed by atoms with Crippen molar-refractivity contribution in [2.75, 3.05) is 11.9 Å². The quantitative estimate of drug-likeness (QED) is 0.896. The Labute approximate surface area is 130 Å². The first-order valence-corrected chi connectivity index (χ1v) is 7.39. The van der Waals surface area contributed by atoms with E-state index in [4.69, 9.17) is 9.84 Å². The first-order chi connectivity index (χ1) is 10.2. The van der Waals surface area contributed by atoms with Gasteiger partial charge < -0.3 is 15.2 Å². The van der Waals surface area contributed by atoms with Crippen molar-refractivity contribution in [3.63, 3.8) is 0 Å². The van der Waals surface area contributed by atoms with Gasteiger partial charge in [0.2, 0.25) is 5.91 Å². The number of halogens is 1. The van der Waals surface area contributed by atoms with Gasteiger partial charge in [0.1, 0.15) is 18.3 Å². The van der Waals surface area contributed by atoms with Crippen LogP contribution in [0.1, 0.15) is 17.0 Å². The van der Waals surface area contributed by atoms with Crippen LogP contribution in [-0.4, -0.2) is 17.6 Å². The summed E-state index contributed by atoms with van der Waals surface area (Å²) in [4.78, 5) is 12.4. The summed E-state index contributed by atoms with van der Waals surface area (Å²) in [6.07, 6.45) is 0. The average Bonchev–Trinajstić information content (AvgIpc) is 2.90. The Morgan fingerprint density at radius 2 is 2.19 bits per heavy atom. The van der Waals surface area contributed by atoms with Crippen LogP contribution >= 0.6 is 15.9 Å². The van der Waals surface area contributed by atoms with Crippen molar-refractivity contribution in [2.45, 2.75) is 12.5 Å². The number of hydrogen-bond acceptors (Lipinski definition) is 3. The zero-order valence-corrected chi connectivity index (χ0v) is 12.8. The highest BCUT2D eigenvalue weighted by Gasteiger charge is 2.30. The lowest BCUT2D eigenvalue weighted by Gasteiger charge is -2.11. The van der Waals surface area contributed by atoms with Gasteiger partial charge in [-0.3, -0.25) is 4.79 Å². The average molecular weight is 348 g/mol. The van der Waals surface area contributed by atoms with Crippen molar-refractivity contribution in [1.29, 1.82) is 0 Å². The summed E-state index contributed by atoms with van der Waals surface area (Å²) in [6.45, 7) is 0.295. The largest absolute Gasteiger partial charge is 0.492 e. The van der Waals surface area contributed by atoms with Crippen LogP contribution < -0.4 is 10.1 Å². The summed E-state index contributed by atoms with van der Waals surface area (Å²) in [6, 6.07) is 12.8. The molecule has 5 heteroatoms. The third-order valence-electron chi connectivity index (χ3n) is 3.45. The summed E-state index contributed by atoms with van der Waals surface area (Å²) in [5, 5.41) is 12.0. The van der Waals surface area contributed by atoms with E-state index in [1.54, 1.807) is 24.3 Å². The van der Waals surface area contributed by atoms with Crippen molar-refractivity contribution in [3.05, 3.63) is 58.1 Å². The molecule has 3 rings (SSSR count). The van der Waals surface area contributed by atoms with E-state index in [2.05, 4.69) is 21.2 Å². The van der Waals surface area contributed by atoms with E-state index in [0.29, 0.717) is 12.3 Å². The first-order valence-electron chi connectivity index (χ1n) is 6.60. The summed E-state index contributed by atoms with van der Waals surface area (Å²) in [7, 11) is 0. The molecular weight excluding hydrogens is 334 g/mol. The SMILES string of the molecule is O=C(Nc1cccc(CO)c1)C1COc2ccc(Br)cc21. The second kappa shape index (κ2) is 5.87. The summed E-state index contributed by atoms with van der Waals surface area (Å²) in [5.74, 6) is 0.319. The fourth-order valence-corrected chi connectivity index (χ4v) is 2.76. The highest BCUT2D eigenvalue weighted by Crippen LogP contribution is 2.36. The van der Waals surface area contributed by atoms with Crippen LogP contribution in [-0.2, 0) is 11.4 Å². The molecule has 0 aliphatic carbocycles. The molecule has 1 aliphatic rings. The van der Waals surface area contributed by atoms with Crippen LogP contribution in [0.25, 0.3) is 0 Å². The minimum absolute atomic E-state index is 0.0496. The van der Waals surface area contributed by atoms with Gasteiger partial charge in [0.25, 0.3) is 0 Å². The van der Waals surface area contributed by atoms with Gasteiger partial charge in [-0.2, -0.15) is 0 Å². The minimum atomic E-state index is -0.324. The summed E-state index contributed by atoms with van der Waals surface area (Å²) in [5.41, 5.74) is 2.33. The van der Waals surface area contributed by atoms with E-state index < -0.39 is 0 Å². The van der Waals surface area contributed by atoms with Gasteiger partial charge in [0, 0.05) is 15.7 Å². The molecule has 2 aromatic rings. The normalized spacial score (nSPS) is 16.2. The van der Waals surface area contributed by atoms with E-state index in [1.807, 2.05) is 18.2 Å². The lowest BCUT2D eigenvalue weighted by molar-refractivity contribution is -0.117. The predicted octanol–water partition coefficient (Wildman–Crippen LogP) is 3.06. The number of rotatable bonds is 3. The number of fused-ring (bicyclic) bond motifs is 1. The molecule has 1 unspecified atom stereocenters. The Balaban J connectivity index is 1.80. The molecule has 2 aromatic carbocycles. The van der Waals surface area contributed by atoms with Gasteiger partial charge in [-0.15, -0.1) is 0 Å². The molecule has 1 heterocycles. The second-order valence-corrected chi connectivity index (χ2v) is 5.81. The van der Waals surface area contributed by atoms with Crippen LogP contribution in [0.5, 0.6) is 5.75 Å². The molecule has 21 heavy (non-hydrogen) atoms. The Kier molecular flexibility index (Phi) is 3.94. The molecule has 108 valence electrons. The van der Waals surface area contributed by atoms with Crippen LogP contribution in [0, 0.1) is 0 Å². The van der Waals surface area contributed by atoms with Gasteiger partial charge in [-0.25, -0.2) is 0 Å². The molecule has 0 radical (unpaired) electrons. The number of aliphatic hydroxyl groups is 1. The Morgan fingerprint density at radius 1 is 1.33 bits per heavy atom. The number of aliphatic hydroxyl groups excluding tert-OH is 1. The van der Waals surface area contributed by atoms with Crippen molar-refractivity contribution >= 4 is 27.5 Å². The minimum Gasteiger partial charge on any atom is -0.492 e. The lowest BCUT2D eigenvalue weighted by Crippen LogP contribution is -2.22. The van der Waals surface area contributed by atoms with Gasteiger partial charge in [-0.05, 0) is 35.9 Å². The smallest absolute Gasteiger partial charge is 0.235 e. The van der Waals surface area contributed by atoms with Crippen molar-refractivity contribution < 1.29 is 14.6 Å². The molecule has 2 N–H and O–H groups in total. The topological polar surface area (TPSA) is 58.6 Å². The number of amides is 1. The third-order valence-corrected chi connectivity index (χ3v) is 3.94. The molecule has 0 fully saturated rings. The zero-order chi connectivity index (χ0) is 14.8. The van der Waals surface area contributed by atoms with Crippen molar-refractivity contribution in [1.82, 2.24) is 0 Å². The number of carbonyl (C=O) groups excluding carboxylic acids is 1. The Hall–Kier alpha value is -1.85. The zero-order valence-electron chi connectivity index (χ0n) is 11.2. The highest BCUT2D eigenvalue weighted by molar-refractivity contribution is 9.10. The summed E-state index contributed by atoms with van der Waals surface area (Å²) >= 11 is 3.41. The standard InChI is InChI=1S/C16H14BrNO3/c17-11-4-5-15-13(7-11)14(9-21-15)16(20)18-12-3-1-2-10(6-12)8-19/h1-7,14,19H,8-9H2,(H,18,20). The number of ether oxygens (including phenoxy) is 1. The van der Waals surface area contributed by atoms with E-state index >= 15 is 0 Å². The molecule has 1 amide bonds. The van der Waals surface area contributed by atoms with Gasteiger partial charge in [0.15, 0.2) is 0 Å². The molecule has 1 aliphatic heterocycles. The number of hydrogen-bond donors (Lipinski definition) is 2. The molecule has 0 saturated carbocycles. The molecule has 1 atom stereocenters. The van der Waals surface area contributed by atoms with Crippen LogP contribution in [0.4, 0.5) is 5.69 Å². The molecule has 4 nitrogen and oxygen atoms in total. The van der Waals surface area contributed by atoms with Crippen LogP contribution in [0.2, 0.25) is 0 Å². The number of anilines is 1. The van der Waals surface area contributed by atoms with Gasteiger partial charge in [0.05, 0.1) is 6.61 Å². The fraction of sp³-hybridized carbons (Fsp3) is 0.188. The third kappa shape index (κ3) is 2.94. The maximum atomic E-state index is 12.4. The molecule has 0 bridgehead atoms. The highest BCUT2D eigenvalue weighted by atomic mass is 79.9. The van der Waals surface area contributed by atoms with Crippen LogP contribution in [0.3, 0.4) is 0 Å². The van der Waals surface area contributed by atoms with Gasteiger partial charge in [-0.1, -0.05) is 28.1 Å². The maximum absolute atomic E-state index is 12.4. The predicted molar refractivity (Wildman–Crippen MR) is 83.4 cm³/mol. The number of nitrogens with one attached hydrogen (secondary N) is 1. The Bertz CT molecular complexity index is 687. The van der Waals surface area contributed by atoms with E-state index in [1.165, 1.54) is 0 Å². The molecule has 0 spiro atoms. The van der Waals surface area contributed by atoms with Crippen molar-refractivity contribution in [3.8, 4) is 5.75 Å². The summed E-state index contributed by atoms with van der Waals surface area (Å²) < 4.78 is 6.47. The van der Waals surface area contributed by atoms with E-state index in [9.17, 15) is 4.79 Å². The first kappa shape index (κ1) is 14.1. The lowest BCUT2D eigenvalue weighted by atomic mass is 10.0. The van der Waals surface area contributed by atoms with Gasteiger partial charge >= 0.3 is 0 Å². The molecule has 0 saturated heterocycles. The number of carbonyl (C=O) groups is 1. The van der Waals surface area contributed by atoms with Crippen molar-refractivity contribution in [2.24, 2.45) is 0 Å². The second-order valence-electron chi connectivity index (χ2n) is 4.89. The van der Waals surface area contributed by atoms with Crippen LogP contribution in [0.15, 0.2) is 46.9 Å². The monoisotopic (exact) mass is 347 g/mol. The fourth-order valence-electron chi connectivity index (χ4n) is 2.38.